The van der Waals surface area contributed by atoms with E-state index in [4.69, 9.17) is 4.74 Å². The largest absolute Gasteiger partial charge is 0.496 e. The number of benzene rings is 1. The highest BCUT2D eigenvalue weighted by Gasteiger charge is 2.23. The molecule has 1 aromatic rings. The molecular formula is C19H29N3O2. The van der Waals surface area contributed by atoms with Crippen LogP contribution in [-0.2, 0) is 17.9 Å². The van der Waals surface area contributed by atoms with Crippen LogP contribution in [0.15, 0.2) is 18.2 Å². The first-order valence-corrected chi connectivity index (χ1v) is 9.08. The lowest BCUT2D eigenvalue weighted by molar-refractivity contribution is -0.135. The maximum absolute atomic E-state index is 12.1. The summed E-state index contributed by atoms with van der Waals surface area (Å²) in [5, 5.41) is 0. The van der Waals surface area contributed by atoms with Crippen LogP contribution in [0, 0.1) is 0 Å². The van der Waals surface area contributed by atoms with E-state index in [0.717, 1.165) is 38.5 Å². The third kappa shape index (κ3) is 4.08. The Bertz CT molecular complexity index is 570. The molecule has 0 atom stereocenters. The molecule has 2 aliphatic heterocycles. The van der Waals surface area contributed by atoms with Gasteiger partial charge in [-0.3, -0.25) is 14.6 Å². The van der Waals surface area contributed by atoms with E-state index in [1.165, 1.54) is 37.1 Å². The summed E-state index contributed by atoms with van der Waals surface area (Å²) in [5.74, 6) is 1.21. The molecule has 3 rings (SSSR count). The second kappa shape index (κ2) is 7.99. The molecule has 0 N–H and O–H groups in total. The molecule has 2 saturated heterocycles. The number of hydrogen-bond donors (Lipinski definition) is 0. The summed E-state index contributed by atoms with van der Waals surface area (Å²) in [5.41, 5.74) is 2.53. The van der Waals surface area contributed by atoms with E-state index in [-0.39, 0.29) is 5.91 Å². The zero-order chi connectivity index (χ0) is 16.9. The molecule has 0 radical (unpaired) electrons. The van der Waals surface area contributed by atoms with Gasteiger partial charge in [-0.05, 0) is 50.6 Å². The van der Waals surface area contributed by atoms with E-state index in [1.807, 2.05) is 11.8 Å². The van der Waals surface area contributed by atoms with Gasteiger partial charge in [0.1, 0.15) is 5.75 Å². The average Bonchev–Trinajstić information content (AvgIpc) is 3.08. The van der Waals surface area contributed by atoms with Gasteiger partial charge in [0.05, 0.1) is 13.7 Å². The summed E-state index contributed by atoms with van der Waals surface area (Å²) >= 11 is 0. The molecule has 0 bridgehead atoms. The molecule has 24 heavy (non-hydrogen) atoms. The van der Waals surface area contributed by atoms with Gasteiger partial charge >= 0.3 is 0 Å². The summed E-state index contributed by atoms with van der Waals surface area (Å²) in [7, 11) is 1.74. The first kappa shape index (κ1) is 17.2. The van der Waals surface area contributed by atoms with E-state index < -0.39 is 0 Å². The Morgan fingerprint density at radius 2 is 1.83 bits per heavy atom. The monoisotopic (exact) mass is 331 g/mol. The Morgan fingerprint density at radius 3 is 2.50 bits per heavy atom. The van der Waals surface area contributed by atoms with Crippen LogP contribution in [0.1, 0.15) is 30.9 Å². The van der Waals surface area contributed by atoms with Crippen molar-refractivity contribution in [2.75, 3.05) is 46.4 Å². The van der Waals surface area contributed by atoms with Gasteiger partial charge in [-0.15, -0.1) is 0 Å². The van der Waals surface area contributed by atoms with E-state index in [2.05, 4.69) is 28.0 Å². The Labute approximate surface area is 145 Å². The number of ether oxygens (including phenoxy) is 1. The topological polar surface area (TPSA) is 36.0 Å². The van der Waals surface area contributed by atoms with E-state index in [1.54, 1.807) is 7.11 Å². The van der Waals surface area contributed by atoms with Crippen LogP contribution in [0.3, 0.4) is 0 Å². The lowest BCUT2D eigenvalue weighted by Gasteiger charge is -2.33. The summed E-state index contributed by atoms with van der Waals surface area (Å²) in [4.78, 5) is 18.8. The number of hydrogen-bond acceptors (Lipinski definition) is 4. The molecule has 1 amide bonds. The molecule has 0 aliphatic carbocycles. The predicted molar refractivity (Wildman–Crippen MR) is 95.0 cm³/mol. The maximum atomic E-state index is 12.1. The number of nitrogens with zero attached hydrogens (tertiary/aromatic N) is 3. The van der Waals surface area contributed by atoms with Crippen molar-refractivity contribution in [1.29, 1.82) is 0 Å². The van der Waals surface area contributed by atoms with Crippen LogP contribution in [0.25, 0.3) is 0 Å². The van der Waals surface area contributed by atoms with Crippen molar-refractivity contribution < 1.29 is 9.53 Å². The van der Waals surface area contributed by atoms with Crippen LogP contribution < -0.4 is 4.74 Å². The van der Waals surface area contributed by atoms with Crippen molar-refractivity contribution in [3.8, 4) is 5.75 Å². The molecule has 0 saturated carbocycles. The van der Waals surface area contributed by atoms with Gasteiger partial charge in [0, 0.05) is 38.3 Å². The first-order valence-electron chi connectivity index (χ1n) is 9.08. The second-order valence-corrected chi connectivity index (χ2v) is 6.81. The minimum Gasteiger partial charge on any atom is -0.496 e. The summed E-state index contributed by atoms with van der Waals surface area (Å²) in [6.45, 7) is 9.33. The number of methoxy groups -OCH3 is 1. The van der Waals surface area contributed by atoms with E-state index >= 15 is 0 Å². The molecule has 1 aromatic carbocycles. The number of carbonyl (C=O) groups excluding carboxylic acids is 1. The fourth-order valence-electron chi connectivity index (χ4n) is 3.72. The number of likely N-dealkylation sites (N-methyl/N-ethyl adjacent to an activating group) is 1. The molecule has 0 unspecified atom stereocenters. The SMILES string of the molecule is CCN1CCN(Cc2ccc(OC)c(CN3CCCC3)c2)CC1=O. The first-order chi connectivity index (χ1) is 11.7. The molecule has 0 spiro atoms. The Hall–Kier alpha value is -1.59. The maximum Gasteiger partial charge on any atom is 0.236 e. The van der Waals surface area contributed by atoms with Crippen LogP contribution in [-0.4, -0.2) is 67.0 Å². The smallest absolute Gasteiger partial charge is 0.236 e. The molecule has 5 nitrogen and oxygen atoms in total. The van der Waals surface area contributed by atoms with Crippen LogP contribution in [0.5, 0.6) is 5.75 Å². The highest BCUT2D eigenvalue weighted by Crippen LogP contribution is 2.24. The van der Waals surface area contributed by atoms with Crippen LogP contribution >= 0.6 is 0 Å². The number of rotatable bonds is 6. The van der Waals surface area contributed by atoms with Gasteiger partial charge in [0.25, 0.3) is 0 Å². The predicted octanol–water partition coefficient (Wildman–Crippen LogP) is 1.96. The number of carbonyl (C=O) groups is 1. The summed E-state index contributed by atoms with van der Waals surface area (Å²) in [6, 6.07) is 6.46. The van der Waals surface area contributed by atoms with E-state index in [0.29, 0.717) is 6.54 Å². The Balaban J connectivity index is 1.66. The lowest BCUT2D eigenvalue weighted by Crippen LogP contribution is -2.49. The molecule has 5 heteroatoms. The third-order valence-corrected chi connectivity index (χ3v) is 5.12. The quantitative estimate of drug-likeness (QED) is 0.798. The standard InChI is InChI=1S/C19H29N3O2/c1-3-22-11-10-21(15-19(22)23)13-16-6-7-18(24-2)17(12-16)14-20-8-4-5-9-20/h6-7,12H,3-5,8-11,13-15H2,1-2H3. The molecule has 2 heterocycles. The van der Waals surface area contributed by atoms with Crippen LogP contribution in [0.2, 0.25) is 0 Å². The van der Waals surface area contributed by atoms with Crippen molar-refractivity contribution in [1.82, 2.24) is 14.7 Å². The van der Waals surface area contributed by atoms with Gasteiger partial charge in [-0.25, -0.2) is 0 Å². The normalized spacial score (nSPS) is 19.9. The fraction of sp³-hybridized carbons (Fsp3) is 0.632. The minimum atomic E-state index is 0.245. The van der Waals surface area contributed by atoms with Gasteiger partial charge in [-0.2, -0.15) is 0 Å². The van der Waals surface area contributed by atoms with Gasteiger partial charge < -0.3 is 9.64 Å². The van der Waals surface area contributed by atoms with Crippen LogP contribution in [0.4, 0.5) is 0 Å². The van der Waals surface area contributed by atoms with E-state index in [9.17, 15) is 4.79 Å². The number of amides is 1. The van der Waals surface area contributed by atoms with Crippen molar-refractivity contribution >= 4 is 5.91 Å². The lowest BCUT2D eigenvalue weighted by atomic mass is 10.1. The van der Waals surface area contributed by atoms with Crippen molar-refractivity contribution in [2.45, 2.75) is 32.9 Å². The number of piperazine rings is 1. The zero-order valence-corrected chi connectivity index (χ0v) is 15.0. The highest BCUT2D eigenvalue weighted by atomic mass is 16.5. The second-order valence-electron chi connectivity index (χ2n) is 6.81. The summed E-state index contributed by atoms with van der Waals surface area (Å²) < 4.78 is 5.55. The Morgan fingerprint density at radius 1 is 1.04 bits per heavy atom. The molecule has 2 fully saturated rings. The average molecular weight is 331 g/mol. The summed E-state index contributed by atoms with van der Waals surface area (Å²) in [6.07, 6.45) is 2.59. The van der Waals surface area contributed by atoms with Crippen molar-refractivity contribution in [3.05, 3.63) is 29.3 Å². The van der Waals surface area contributed by atoms with Crippen molar-refractivity contribution in [2.24, 2.45) is 0 Å². The van der Waals surface area contributed by atoms with Gasteiger partial charge in [-0.1, -0.05) is 6.07 Å². The zero-order valence-electron chi connectivity index (χ0n) is 15.0. The minimum absolute atomic E-state index is 0.245. The molecule has 0 aromatic heterocycles. The molecular weight excluding hydrogens is 302 g/mol. The van der Waals surface area contributed by atoms with Gasteiger partial charge in [0.2, 0.25) is 5.91 Å². The molecule has 132 valence electrons. The number of likely N-dealkylation sites (tertiary alicyclic amines) is 1. The highest BCUT2D eigenvalue weighted by molar-refractivity contribution is 5.78. The fourth-order valence-corrected chi connectivity index (χ4v) is 3.72. The Kier molecular flexibility index (Phi) is 5.74. The third-order valence-electron chi connectivity index (χ3n) is 5.12. The molecule has 2 aliphatic rings. The van der Waals surface area contributed by atoms with Gasteiger partial charge in [0.15, 0.2) is 0 Å². The van der Waals surface area contributed by atoms with Crippen molar-refractivity contribution in [3.63, 3.8) is 0 Å².